The molecular weight excluding hydrogens is 232 g/mol. The summed E-state index contributed by atoms with van der Waals surface area (Å²) in [5.41, 5.74) is 1.47. The molecule has 0 bridgehead atoms. The molecule has 0 aliphatic heterocycles. The van der Waals surface area contributed by atoms with Crippen LogP contribution in [0.4, 0.5) is 0 Å². The summed E-state index contributed by atoms with van der Waals surface area (Å²) in [5, 5.41) is 13.5. The molecule has 0 radical (unpaired) electrons. The third kappa shape index (κ3) is 1.75. The predicted octanol–water partition coefficient (Wildman–Crippen LogP) is 3.01. The lowest BCUT2D eigenvalue weighted by molar-refractivity contribution is 0.428. The van der Waals surface area contributed by atoms with Crippen molar-refractivity contribution in [2.24, 2.45) is 0 Å². The number of hydrogen-bond acceptors (Lipinski definition) is 5. The molecule has 2 heterocycles. The summed E-state index contributed by atoms with van der Waals surface area (Å²) in [6.45, 7) is 1.82. The zero-order valence-electron chi connectivity index (χ0n) is 9.62. The van der Waals surface area contributed by atoms with Crippen molar-refractivity contribution in [3.8, 4) is 28.8 Å². The van der Waals surface area contributed by atoms with E-state index in [2.05, 4.69) is 10.1 Å². The Morgan fingerprint density at radius 1 is 1.22 bits per heavy atom. The lowest BCUT2D eigenvalue weighted by Crippen LogP contribution is -1.81. The van der Waals surface area contributed by atoms with Gasteiger partial charge in [0, 0.05) is 5.56 Å². The molecule has 3 aromatic rings. The van der Waals surface area contributed by atoms with E-state index in [0.717, 1.165) is 5.56 Å². The van der Waals surface area contributed by atoms with Crippen molar-refractivity contribution in [1.82, 2.24) is 10.1 Å². The average molecular weight is 242 g/mol. The van der Waals surface area contributed by atoms with E-state index >= 15 is 0 Å². The summed E-state index contributed by atoms with van der Waals surface area (Å²) in [6, 6.07) is 8.70. The average Bonchev–Trinajstić information content (AvgIpc) is 3.01. The molecule has 5 nitrogen and oxygen atoms in total. The van der Waals surface area contributed by atoms with Gasteiger partial charge in [0.25, 0.3) is 5.89 Å². The molecule has 1 N–H and O–H groups in total. The summed E-state index contributed by atoms with van der Waals surface area (Å²) < 4.78 is 10.3. The van der Waals surface area contributed by atoms with Gasteiger partial charge in [0.05, 0.1) is 6.26 Å². The van der Waals surface area contributed by atoms with Gasteiger partial charge in [-0.1, -0.05) is 11.2 Å². The molecule has 0 amide bonds. The SMILES string of the molecule is Cc1ccc(-c2nc(-c3ccco3)no2)cc1O. The van der Waals surface area contributed by atoms with E-state index in [1.54, 1.807) is 30.5 Å². The van der Waals surface area contributed by atoms with Gasteiger partial charge in [-0.2, -0.15) is 4.98 Å². The van der Waals surface area contributed by atoms with Crippen molar-refractivity contribution < 1.29 is 14.0 Å². The lowest BCUT2D eigenvalue weighted by Gasteiger charge is -1.99. The van der Waals surface area contributed by atoms with Gasteiger partial charge in [-0.25, -0.2) is 0 Å². The van der Waals surface area contributed by atoms with E-state index < -0.39 is 0 Å². The second-order valence-corrected chi connectivity index (χ2v) is 3.90. The second kappa shape index (κ2) is 4.03. The predicted molar refractivity (Wildman–Crippen MR) is 63.8 cm³/mol. The Hall–Kier alpha value is -2.56. The molecule has 0 unspecified atom stereocenters. The Labute approximate surface area is 103 Å². The summed E-state index contributed by atoms with van der Waals surface area (Å²) >= 11 is 0. The van der Waals surface area contributed by atoms with Crippen LogP contribution in [0.2, 0.25) is 0 Å². The molecule has 0 spiro atoms. The molecule has 5 heteroatoms. The third-order valence-electron chi connectivity index (χ3n) is 2.62. The highest BCUT2D eigenvalue weighted by Gasteiger charge is 2.13. The van der Waals surface area contributed by atoms with E-state index in [1.807, 2.05) is 13.0 Å². The van der Waals surface area contributed by atoms with Crippen molar-refractivity contribution in [3.63, 3.8) is 0 Å². The van der Waals surface area contributed by atoms with E-state index in [-0.39, 0.29) is 5.75 Å². The molecule has 0 aliphatic carbocycles. The first-order valence-corrected chi connectivity index (χ1v) is 5.41. The van der Waals surface area contributed by atoms with Crippen LogP contribution in [0.5, 0.6) is 5.75 Å². The Morgan fingerprint density at radius 3 is 2.83 bits per heavy atom. The topological polar surface area (TPSA) is 72.3 Å². The van der Waals surface area contributed by atoms with Crippen LogP contribution in [0.3, 0.4) is 0 Å². The van der Waals surface area contributed by atoms with Crippen LogP contribution in [0.15, 0.2) is 45.5 Å². The van der Waals surface area contributed by atoms with Crippen LogP contribution < -0.4 is 0 Å². The normalized spacial score (nSPS) is 10.7. The number of benzene rings is 1. The highest BCUT2D eigenvalue weighted by atomic mass is 16.5. The zero-order valence-corrected chi connectivity index (χ0v) is 9.62. The number of aromatic hydroxyl groups is 1. The molecule has 0 saturated heterocycles. The largest absolute Gasteiger partial charge is 0.508 e. The highest BCUT2D eigenvalue weighted by molar-refractivity contribution is 5.59. The summed E-state index contributed by atoms with van der Waals surface area (Å²) in [6.07, 6.45) is 1.54. The Balaban J connectivity index is 2.00. The van der Waals surface area contributed by atoms with Crippen LogP contribution in [0.1, 0.15) is 5.56 Å². The van der Waals surface area contributed by atoms with Gasteiger partial charge in [-0.3, -0.25) is 0 Å². The van der Waals surface area contributed by atoms with Gasteiger partial charge in [-0.05, 0) is 36.8 Å². The van der Waals surface area contributed by atoms with Crippen LogP contribution >= 0.6 is 0 Å². The van der Waals surface area contributed by atoms with Crippen molar-refractivity contribution in [1.29, 1.82) is 0 Å². The first-order chi connectivity index (χ1) is 8.74. The molecule has 90 valence electrons. The zero-order chi connectivity index (χ0) is 12.5. The maximum Gasteiger partial charge on any atom is 0.258 e. The van der Waals surface area contributed by atoms with Crippen molar-refractivity contribution in [2.45, 2.75) is 6.92 Å². The minimum atomic E-state index is 0.199. The van der Waals surface area contributed by atoms with Crippen LogP contribution in [0, 0.1) is 6.92 Å². The molecule has 3 rings (SSSR count). The smallest absolute Gasteiger partial charge is 0.258 e. The standard InChI is InChI=1S/C13H10N2O3/c1-8-4-5-9(7-10(8)16)13-14-12(15-18-13)11-3-2-6-17-11/h2-7,16H,1H3. The fourth-order valence-electron chi connectivity index (χ4n) is 1.59. The van der Waals surface area contributed by atoms with E-state index in [1.165, 1.54) is 0 Å². The van der Waals surface area contributed by atoms with Crippen LogP contribution in [-0.4, -0.2) is 15.2 Å². The molecule has 0 atom stereocenters. The van der Waals surface area contributed by atoms with Crippen LogP contribution in [-0.2, 0) is 0 Å². The summed E-state index contributed by atoms with van der Waals surface area (Å²) in [4.78, 5) is 4.21. The third-order valence-corrected chi connectivity index (χ3v) is 2.62. The number of nitrogens with zero attached hydrogens (tertiary/aromatic N) is 2. The quantitative estimate of drug-likeness (QED) is 0.747. The molecular formula is C13H10N2O3. The van der Waals surface area contributed by atoms with E-state index in [0.29, 0.717) is 23.0 Å². The van der Waals surface area contributed by atoms with Gasteiger partial charge < -0.3 is 14.0 Å². The Morgan fingerprint density at radius 2 is 2.11 bits per heavy atom. The first kappa shape index (κ1) is 10.6. The minimum absolute atomic E-state index is 0.199. The van der Waals surface area contributed by atoms with Crippen molar-refractivity contribution >= 4 is 0 Å². The molecule has 0 saturated carbocycles. The molecule has 0 fully saturated rings. The molecule has 2 aromatic heterocycles. The fourth-order valence-corrected chi connectivity index (χ4v) is 1.59. The number of aromatic nitrogens is 2. The molecule has 1 aromatic carbocycles. The highest BCUT2D eigenvalue weighted by Crippen LogP contribution is 2.26. The van der Waals surface area contributed by atoms with Gasteiger partial charge in [0.15, 0.2) is 5.76 Å². The number of furan rings is 1. The second-order valence-electron chi connectivity index (χ2n) is 3.90. The molecule has 0 aliphatic rings. The number of aryl methyl sites for hydroxylation is 1. The van der Waals surface area contributed by atoms with Crippen molar-refractivity contribution in [2.75, 3.05) is 0 Å². The van der Waals surface area contributed by atoms with Gasteiger partial charge >= 0.3 is 0 Å². The number of hydrogen-bond donors (Lipinski definition) is 1. The van der Waals surface area contributed by atoms with Gasteiger partial charge in [0.1, 0.15) is 5.75 Å². The monoisotopic (exact) mass is 242 g/mol. The van der Waals surface area contributed by atoms with Crippen LogP contribution in [0.25, 0.3) is 23.0 Å². The van der Waals surface area contributed by atoms with E-state index in [9.17, 15) is 5.11 Å². The minimum Gasteiger partial charge on any atom is -0.508 e. The maximum atomic E-state index is 9.64. The van der Waals surface area contributed by atoms with Crippen molar-refractivity contribution in [3.05, 3.63) is 42.2 Å². The summed E-state index contributed by atoms with van der Waals surface area (Å²) in [5.74, 6) is 1.47. The Bertz CT molecular complexity index is 671. The first-order valence-electron chi connectivity index (χ1n) is 5.41. The molecule has 18 heavy (non-hydrogen) atoms. The summed E-state index contributed by atoms with van der Waals surface area (Å²) in [7, 11) is 0. The maximum absolute atomic E-state index is 9.64. The number of rotatable bonds is 2. The Kier molecular flexibility index (Phi) is 2.37. The van der Waals surface area contributed by atoms with Gasteiger partial charge in [0.2, 0.25) is 5.82 Å². The van der Waals surface area contributed by atoms with Gasteiger partial charge in [-0.15, -0.1) is 0 Å². The number of phenolic OH excluding ortho intramolecular Hbond substituents is 1. The number of phenols is 1. The fraction of sp³-hybridized carbons (Fsp3) is 0.0769. The lowest BCUT2D eigenvalue weighted by atomic mass is 10.1. The van der Waals surface area contributed by atoms with E-state index in [4.69, 9.17) is 8.94 Å².